The van der Waals surface area contributed by atoms with Crippen molar-refractivity contribution in [2.24, 2.45) is 0 Å². The zero-order valence-electron chi connectivity index (χ0n) is 12.5. The van der Waals surface area contributed by atoms with Gasteiger partial charge in [0, 0.05) is 37.7 Å². The molecule has 2 aromatic rings. The molecule has 0 radical (unpaired) electrons. The van der Waals surface area contributed by atoms with E-state index in [1.807, 2.05) is 32.2 Å². The molecule has 0 amide bonds. The Kier molecular flexibility index (Phi) is 5.32. The average molecular weight is 273 g/mol. The summed E-state index contributed by atoms with van der Waals surface area (Å²) in [4.78, 5) is 6.93. The van der Waals surface area contributed by atoms with E-state index in [2.05, 4.69) is 34.4 Å². The van der Waals surface area contributed by atoms with Crippen molar-refractivity contribution in [3.63, 3.8) is 0 Å². The van der Waals surface area contributed by atoms with Crippen molar-refractivity contribution in [2.75, 3.05) is 39.2 Å². The first-order valence-electron chi connectivity index (χ1n) is 7.07. The van der Waals surface area contributed by atoms with E-state index >= 15 is 0 Å². The third kappa shape index (κ3) is 3.68. The summed E-state index contributed by atoms with van der Waals surface area (Å²) in [5.41, 5.74) is 2.24. The van der Waals surface area contributed by atoms with Gasteiger partial charge in [0.1, 0.15) is 5.82 Å². The molecule has 0 saturated carbocycles. The molecule has 2 rings (SSSR count). The van der Waals surface area contributed by atoms with E-state index in [0.717, 1.165) is 37.6 Å². The number of anilines is 1. The predicted molar refractivity (Wildman–Crippen MR) is 84.1 cm³/mol. The van der Waals surface area contributed by atoms with Gasteiger partial charge in [-0.2, -0.15) is 0 Å². The Balaban J connectivity index is 2.15. The second-order valence-corrected chi connectivity index (χ2v) is 4.87. The largest absolute Gasteiger partial charge is 0.380 e. The van der Waals surface area contributed by atoms with Crippen LogP contribution in [0.3, 0.4) is 0 Å². The molecule has 0 bridgehead atoms. The molecular formula is C16H23N3O. The Morgan fingerprint density at radius 3 is 2.85 bits per heavy atom. The summed E-state index contributed by atoms with van der Waals surface area (Å²) in [6.07, 6.45) is 0. The highest BCUT2D eigenvalue weighted by Gasteiger charge is 2.08. The molecule has 4 nitrogen and oxygen atoms in total. The molecule has 1 heterocycles. The maximum absolute atomic E-state index is 5.40. The number of pyridine rings is 1. The van der Waals surface area contributed by atoms with Crippen LogP contribution in [0.15, 0.2) is 30.3 Å². The SMILES string of the molecule is CCOCCN(C)Cc1cc2ccccc2nc1NC. The number of benzene rings is 1. The van der Waals surface area contributed by atoms with Crippen LogP contribution in [0, 0.1) is 0 Å². The fourth-order valence-electron chi connectivity index (χ4n) is 2.23. The highest BCUT2D eigenvalue weighted by molar-refractivity contribution is 5.81. The van der Waals surface area contributed by atoms with Gasteiger partial charge in [0.05, 0.1) is 12.1 Å². The average Bonchev–Trinajstić information content (AvgIpc) is 2.46. The molecule has 1 aromatic heterocycles. The van der Waals surface area contributed by atoms with Crippen LogP contribution < -0.4 is 5.32 Å². The standard InChI is InChI=1S/C16H23N3O/c1-4-20-10-9-19(3)12-14-11-13-7-5-6-8-15(13)18-16(14)17-2/h5-8,11H,4,9-10,12H2,1-3H3,(H,17,18). The smallest absolute Gasteiger partial charge is 0.130 e. The highest BCUT2D eigenvalue weighted by Crippen LogP contribution is 2.21. The monoisotopic (exact) mass is 273 g/mol. The van der Waals surface area contributed by atoms with E-state index in [1.54, 1.807) is 0 Å². The molecule has 1 N–H and O–H groups in total. The summed E-state index contributed by atoms with van der Waals surface area (Å²) in [6.45, 7) is 5.34. The zero-order chi connectivity index (χ0) is 14.4. The summed E-state index contributed by atoms with van der Waals surface area (Å²) in [5.74, 6) is 0.951. The van der Waals surface area contributed by atoms with Gasteiger partial charge < -0.3 is 10.1 Å². The summed E-state index contributed by atoms with van der Waals surface area (Å²) in [7, 11) is 4.02. The van der Waals surface area contributed by atoms with Crippen LogP contribution in [0.2, 0.25) is 0 Å². The summed E-state index contributed by atoms with van der Waals surface area (Å²) >= 11 is 0. The third-order valence-electron chi connectivity index (χ3n) is 3.30. The number of nitrogens with one attached hydrogen (secondary N) is 1. The second-order valence-electron chi connectivity index (χ2n) is 4.87. The number of ether oxygens (including phenoxy) is 1. The lowest BCUT2D eigenvalue weighted by atomic mass is 10.1. The molecular weight excluding hydrogens is 250 g/mol. The highest BCUT2D eigenvalue weighted by atomic mass is 16.5. The Bertz CT molecular complexity index is 556. The van der Waals surface area contributed by atoms with Gasteiger partial charge in [-0.05, 0) is 26.1 Å². The minimum Gasteiger partial charge on any atom is -0.380 e. The van der Waals surface area contributed by atoms with E-state index in [1.165, 1.54) is 10.9 Å². The summed E-state index contributed by atoms with van der Waals surface area (Å²) < 4.78 is 5.40. The predicted octanol–water partition coefficient (Wildman–Crippen LogP) is 2.74. The number of nitrogens with zero attached hydrogens (tertiary/aromatic N) is 2. The van der Waals surface area contributed by atoms with Crippen molar-refractivity contribution in [3.05, 3.63) is 35.9 Å². The molecule has 0 atom stereocenters. The fourth-order valence-corrected chi connectivity index (χ4v) is 2.23. The molecule has 0 unspecified atom stereocenters. The van der Waals surface area contributed by atoms with Gasteiger partial charge in [0.25, 0.3) is 0 Å². The van der Waals surface area contributed by atoms with Gasteiger partial charge in [0.15, 0.2) is 0 Å². The first-order chi connectivity index (χ1) is 9.74. The van der Waals surface area contributed by atoms with Crippen molar-refractivity contribution in [2.45, 2.75) is 13.5 Å². The van der Waals surface area contributed by atoms with Gasteiger partial charge >= 0.3 is 0 Å². The third-order valence-corrected chi connectivity index (χ3v) is 3.30. The summed E-state index contributed by atoms with van der Waals surface area (Å²) in [5, 5.41) is 4.37. The number of aromatic nitrogens is 1. The van der Waals surface area contributed by atoms with Gasteiger partial charge in [0.2, 0.25) is 0 Å². The molecule has 0 aliphatic carbocycles. The van der Waals surface area contributed by atoms with Crippen molar-refractivity contribution < 1.29 is 4.74 Å². The Morgan fingerprint density at radius 1 is 1.30 bits per heavy atom. The van der Waals surface area contributed by atoms with Crippen molar-refractivity contribution >= 4 is 16.7 Å². The first kappa shape index (κ1) is 14.8. The van der Waals surface area contributed by atoms with Crippen LogP contribution >= 0.6 is 0 Å². The van der Waals surface area contributed by atoms with Crippen molar-refractivity contribution in [1.29, 1.82) is 0 Å². The van der Waals surface area contributed by atoms with E-state index in [0.29, 0.717) is 0 Å². The Morgan fingerprint density at radius 2 is 2.10 bits per heavy atom. The quantitative estimate of drug-likeness (QED) is 0.787. The van der Waals surface area contributed by atoms with Crippen LogP contribution in [-0.2, 0) is 11.3 Å². The molecule has 20 heavy (non-hydrogen) atoms. The minimum absolute atomic E-state index is 0.767. The Hall–Kier alpha value is -1.65. The molecule has 1 aromatic carbocycles. The van der Waals surface area contributed by atoms with Gasteiger partial charge in [-0.1, -0.05) is 18.2 Å². The summed E-state index contributed by atoms with van der Waals surface area (Å²) in [6, 6.07) is 10.4. The second kappa shape index (κ2) is 7.22. The van der Waals surface area contributed by atoms with E-state index in [9.17, 15) is 0 Å². The van der Waals surface area contributed by atoms with Crippen molar-refractivity contribution in [3.8, 4) is 0 Å². The number of fused-ring (bicyclic) bond motifs is 1. The van der Waals surface area contributed by atoms with Gasteiger partial charge in [-0.15, -0.1) is 0 Å². The number of para-hydroxylation sites is 1. The lowest BCUT2D eigenvalue weighted by Crippen LogP contribution is -2.23. The molecule has 0 aliphatic rings. The maximum atomic E-state index is 5.40. The molecule has 0 saturated heterocycles. The molecule has 4 heteroatoms. The van der Waals surface area contributed by atoms with E-state index < -0.39 is 0 Å². The topological polar surface area (TPSA) is 37.4 Å². The molecule has 0 aliphatic heterocycles. The van der Waals surface area contributed by atoms with Crippen LogP contribution in [-0.4, -0.2) is 43.7 Å². The lowest BCUT2D eigenvalue weighted by Gasteiger charge is -2.18. The van der Waals surface area contributed by atoms with Gasteiger partial charge in [-0.25, -0.2) is 4.98 Å². The number of hydrogen-bond acceptors (Lipinski definition) is 4. The molecule has 0 spiro atoms. The normalized spacial score (nSPS) is 11.2. The Labute approximate surface area is 120 Å². The molecule has 108 valence electrons. The lowest BCUT2D eigenvalue weighted by molar-refractivity contribution is 0.120. The van der Waals surface area contributed by atoms with Crippen LogP contribution in [0.4, 0.5) is 5.82 Å². The van der Waals surface area contributed by atoms with Crippen LogP contribution in [0.25, 0.3) is 10.9 Å². The molecule has 0 fully saturated rings. The maximum Gasteiger partial charge on any atom is 0.130 e. The van der Waals surface area contributed by atoms with Crippen LogP contribution in [0.1, 0.15) is 12.5 Å². The minimum atomic E-state index is 0.767. The number of hydrogen-bond donors (Lipinski definition) is 1. The number of likely N-dealkylation sites (N-methyl/N-ethyl adjacent to an activating group) is 1. The fraction of sp³-hybridized carbons (Fsp3) is 0.438. The van der Waals surface area contributed by atoms with E-state index in [-0.39, 0.29) is 0 Å². The zero-order valence-corrected chi connectivity index (χ0v) is 12.5. The first-order valence-corrected chi connectivity index (χ1v) is 7.07. The van der Waals surface area contributed by atoms with E-state index in [4.69, 9.17) is 4.74 Å². The van der Waals surface area contributed by atoms with Crippen molar-refractivity contribution in [1.82, 2.24) is 9.88 Å². The van der Waals surface area contributed by atoms with Gasteiger partial charge in [-0.3, -0.25) is 4.90 Å². The number of rotatable bonds is 7. The van der Waals surface area contributed by atoms with Crippen LogP contribution in [0.5, 0.6) is 0 Å².